The van der Waals surface area contributed by atoms with Crippen LogP contribution in [0.5, 0.6) is 0 Å². The number of hydrogen-bond donors (Lipinski definition) is 0. The molecule has 2 rings (SSSR count). The molecule has 1 heterocycles. The Labute approximate surface area is 126 Å². The zero-order valence-electron chi connectivity index (χ0n) is 10.9. The molecule has 0 bridgehead atoms. The molecule has 1 saturated heterocycles. The molecule has 1 fully saturated rings. The van der Waals surface area contributed by atoms with Gasteiger partial charge in [-0.3, -0.25) is 19.4 Å². The molecule has 0 aliphatic carbocycles. The highest BCUT2D eigenvalue weighted by atomic mass is 35.5. The number of halogens is 2. The quantitative estimate of drug-likeness (QED) is 0.786. The lowest BCUT2D eigenvalue weighted by molar-refractivity contribution is -0.147. The number of hydrogen-bond acceptors (Lipinski definition) is 3. The van der Waals surface area contributed by atoms with E-state index in [2.05, 4.69) is 0 Å². The molecule has 7 heteroatoms. The Morgan fingerprint density at radius 3 is 1.90 bits per heavy atom. The molecule has 4 amide bonds. The number of nitrogens with zero attached hydrogens (tertiary/aromatic N) is 2. The topological polar surface area (TPSA) is 57.7 Å². The van der Waals surface area contributed by atoms with E-state index >= 15 is 0 Å². The number of amides is 4. The van der Waals surface area contributed by atoms with Crippen LogP contribution in [0.3, 0.4) is 0 Å². The molecule has 0 atom stereocenters. The minimum absolute atomic E-state index is 0.0676. The van der Waals surface area contributed by atoms with Crippen LogP contribution in [0.1, 0.15) is 5.56 Å². The van der Waals surface area contributed by atoms with Gasteiger partial charge in [-0.1, -0.05) is 29.3 Å². The first-order valence-electron chi connectivity index (χ1n) is 5.86. The molecule has 1 aliphatic heterocycles. The minimum Gasteiger partial charge on any atom is -0.273 e. The molecule has 20 heavy (non-hydrogen) atoms. The van der Waals surface area contributed by atoms with Crippen LogP contribution in [0.25, 0.3) is 0 Å². The summed E-state index contributed by atoms with van der Waals surface area (Å²) >= 11 is 12.1. The van der Waals surface area contributed by atoms with Crippen LogP contribution in [0.15, 0.2) is 18.2 Å². The van der Waals surface area contributed by atoms with Gasteiger partial charge < -0.3 is 0 Å². The summed E-state index contributed by atoms with van der Waals surface area (Å²) in [6.07, 6.45) is 0.0676. The molecule has 1 aromatic rings. The molecular formula is C13H12Cl2N2O3. The highest BCUT2D eigenvalue weighted by Crippen LogP contribution is 2.29. The third kappa shape index (κ3) is 2.39. The molecule has 106 valence electrons. The van der Waals surface area contributed by atoms with Gasteiger partial charge in [-0.05, 0) is 24.1 Å². The van der Waals surface area contributed by atoms with Crippen molar-refractivity contribution in [2.45, 2.75) is 6.42 Å². The van der Waals surface area contributed by atoms with Crippen molar-refractivity contribution < 1.29 is 14.4 Å². The smallest absolute Gasteiger partial charge is 0.273 e. The van der Waals surface area contributed by atoms with Gasteiger partial charge in [0.2, 0.25) is 11.8 Å². The number of carbonyl (C=O) groups excluding carboxylic acids is 3. The van der Waals surface area contributed by atoms with Crippen LogP contribution < -0.4 is 0 Å². The lowest BCUT2D eigenvalue weighted by Crippen LogP contribution is -2.57. The maximum absolute atomic E-state index is 12.1. The number of urea groups is 1. The first kappa shape index (κ1) is 14.8. The van der Waals surface area contributed by atoms with Crippen molar-refractivity contribution in [3.63, 3.8) is 0 Å². The number of rotatable bonds is 2. The van der Waals surface area contributed by atoms with Crippen LogP contribution in [0.2, 0.25) is 10.0 Å². The average molecular weight is 315 g/mol. The van der Waals surface area contributed by atoms with Crippen molar-refractivity contribution in [1.82, 2.24) is 9.80 Å². The Kier molecular flexibility index (Phi) is 4.01. The maximum Gasteiger partial charge on any atom is 0.332 e. The summed E-state index contributed by atoms with van der Waals surface area (Å²) in [6, 6.07) is 4.32. The second kappa shape index (κ2) is 5.42. The number of carbonyl (C=O) groups is 3. The largest absolute Gasteiger partial charge is 0.332 e. The van der Waals surface area contributed by atoms with Crippen LogP contribution in [0, 0.1) is 5.92 Å². The highest BCUT2D eigenvalue weighted by Gasteiger charge is 2.42. The van der Waals surface area contributed by atoms with Gasteiger partial charge in [0.25, 0.3) is 0 Å². The van der Waals surface area contributed by atoms with E-state index in [1.165, 1.54) is 14.1 Å². The summed E-state index contributed by atoms with van der Waals surface area (Å²) in [7, 11) is 2.68. The molecule has 5 nitrogen and oxygen atoms in total. The van der Waals surface area contributed by atoms with E-state index in [1.807, 2.05) is 0 Å². The summed E-state index contributed by atoms with van der Waals surface area (Å²) in [5, 5.41) is 0.778. The number of barbiturate groups is 1. The van der Waals surface area contributed by atoms with Crippen molar-refractivity contribution in [3.05, 3.63) is 33.8 Å². The van der Waals surface area contributed by atoms with Crippen LogP contribution in [-0.4, -0.2) is 41.7 Å². The lowest BCUT2D eigenvalue weighted by Gasteiger charge is -2.33. The van der Waals surface area contributed by atoms with E-state index in [0.717, 1.165) is 9.80 Å². The number of imide groups is 2. The summed E-state index contributed by atoms with van der Waals surface area (Å²) in [5.74, 6) is -2.08. The van der Waals surface area contributed by atoms with E-state index in [1.54, 1.807) is 18.2 Å². The van der Waals surface area contributed by atoms with E-state index in [9.17, 15) is 14.4 Å². The standard InChI is InChI=1S/C13H12Cl2N2O3/c1-16-11(18)8(12(19)17(2)13(16)20)6-7-9(14)4-3-5-10(7)15/h3-5,8H,6H2,1-2H3. The summed E-state index contributed by atoms with van der Waals surface area (Å²) in [6.45, 7) is 0. The van der Waals surface area contributed by atoms with Crippen LogP contribution in [0.4, 0.5) is 4.79 Å². The Bertz CT molecular complexity index is 559. The Hall–Kier alpha value is -1.59. The predicted molar refractivity (Wildman–Crippen MR) is 74.6 cm³/mol. The van der Waals surface area contributed by atoms with Gasteiger partial charge in [-0.2, -0.15) is 0 Å². The summed E-state index contributed by atoms with van der Waals surface area (Å²) < 4.78 is 0. The monoisotopic (exact) mass is 314 g/mol. The first-order chi connectivity index (χ1) is 9.34. The van der Waals surface area contributed by atoms with E-state index in [0.29, 0.717) is 15.6 Å². The minimum atomic E-state index is -0.986. The maximum atomic E-state index is 12.1. The normalized spacial score (nSPS) is 17.1. The van der Waals surface area contributed by atoms with Crippen LogP contribution >= 0.6 is 23.2 Å². The third-order valence-corrected chi connectivity index (χ3v) is 4.01. The number of benzene rings is 1. The summed E-state index contributed by atoms with van der Waals surface area (Å²) in [5.41, 5.74) is 0.527. The van der Waals surface area contributed by atoms with Crippen molar-refractivity contribution in [3.8, 4) is 0 Å². The second-order valence-electron chi connectivity index (χ2n) is 4.53. The molecular weight excluding hydrogens is 303 g/mol. The van der Waals surface area contributed by atoms with Crippen molar-refractivity contribution in [1.29, 1.82) is 0 Å². The van der Waals surface area contributed by atoms with Gasteiger partial charge in [-0.25, -0.2) is 4.79 Å². The molecule has 0 unspecified atom stereocenters. The summed E-state index contributed by atoms with van der Waals surface area (Å²) in [4.78, 5) is 37.7. The average Bonchev–Trinajstić information content (AvgIpc) is 2.42. The Balaban J connectivity index is 2.35. The zero-order chi connectivity index (χ0) is 15.0. The molecule has 0 spiro atoms. The van der Waals surface area contributed by atoms with Crippen molar-refractivity contribution >= 4 is 41.0 Å². The van der Waals surface area contributed by atoms with Gasteiger partial charge >= 0.3 is 6.03 Å². The van der Waals surface area contributed by atoms with Crippen LogP contribution in [-0.2, 0) is 16.0 Å². The first-order valence-corrected chi connectivity index (χ1v) is 6.62. The van der Waals surface area contributed by atoms with Gasteiger partial charge in [0.05, 0.1) is 0 Å². The molecule has 0 saturated carbocycles. The van der Waals surface area contributed by atoms with Crippen molar-refractivity contribution in [2.24, 2.45) is 5.92 Å². The van der Waals surface area contributed by atoms with Gasteiger partial charge in [-0.15, -0.1) is 0 Å². The highest BCUT2D eigenvalue weighted by molar-refractivity contribution is 6.36. The van der Waals surface area contributed by atoms with Crippen molar-refractivity contribution in [2.75, 3.05) is 14.1 Å². The molecule has 0 aromatic heterocycles. The molecule has 1 aromatic carbocycles. The Morgan fingerprint density at radius 1 is 1.00 bits per heavy atom. The van der Waals surface area contributed by atoms with Gasteiger partial charge in [0, 0.05) is 24.1 Å². The lowest BCUT2D eigenvalue weighted by atomic mass is 9.95. The molecule has 0 N–H and O–H groups in total. The van der Waals surface area contributed by atoms with E-state index in [4.69, 9.17) is 23.2 Å². The molecule has 1 aliphatic rings. The third-order valence-electron chi connectivity index (χ3n) is 3.30. The fraction of sp³-hybridized carbons (Fsp3) is 0.308. The van der Waals surface area contributed by atoms with E-state index in [-0.39, 0.29) is 6.42 Å². The van der Waals surface area contributed by atoms with Gasteiger partial charge in [0.15, 0.2) is 0 Å². The fourth-order valence-corrected chi connectivity index (χ4v) is 2.64. The predicted octanol–water partition coefficient (Wildman–Crippen LogP) is 2.20. The van der Waals surface area contributed by atoms with E-state index < -0.39 is 23.8 Å². The second-order valence-corrected chi connectivity index (χ2v) is 5.35. The van der Waals surface area contributed by atoms with Gasteiger partial charge in [0.1, 0.15) is 5.92 Å². The Morgan fingerprint density at radius 2 is 1.45 bits per heavy atom. The molecule has 0 radical (unpaired) electrons. The SMILES string of the molecule is CN1C(=O)C(Cc2c(Cl)cccc2Cl)C(=O)N(C)C1=O. The zero-order valence-corrected chi connectivity index (χ0v) is 12.4. The fourth-order valence-electron chi connectivity index (χ4n) is 2.09.